The Labute approximate surface area is 270 Å². The van der Waals surface area contributed by atoms with Crippen LogP contribution in [0.15, 0.2) is 109 Å². The maximum atomic E-state index is 13.0. The molecule has 46 heavy (non-hydrogen) atoms. The Bertz CT molecular complexity index is 1510. The van der Waals surface area contributed by atoms with Crippen molar-refractivity contribution < 1.29 is 19.2 Å². The molecular weight excluding hydrogens is 576 g/mol. The summed E-state index contributed by atoms with van der Waals surface area (Å²) in [5.41, 5.74) is 4.34. The van der Waals surface area contributed by atoms with E-state index in [0.717, 1.165) is 11.1 Å². The summed E-state index contributed by atoms with van der Waals surface area (Å²) in [6.45, 7) is 3.88. The van der Waals surface area contributed by atoms with E-state index in [1.54, 1.807) is 48.5 Å². The highest BCUT2D eigenvalue weighted by Crippen LogP contribution is 2.31. The molecule has 0 radical (unpaired) electrons. The summed E-state index contributed by atoms with van der Waals surface area (Å²) in [7, 11) is 0. The van der Waals surface area contributed by atoms with E-state index in [1.165, 1.54) is 0 Å². The van der Waals surface area contributed by atoms with Gasteiger partial charge in [-0.05, 0) is 99.2 Å². The zero-order chi connectivity index (χ0) is 32.5. The third-order valence-corrected chi connectivity index (χ3v) is 8.59. The van der Waals surface area contributed by atoms with Gasteiger partial charge < -0.3 is 21.3 Å². The van der Waals surface area contributed by atoms with Crippen molar-refractivity contribution in [3.8, 4) is 0 Å². The molecule has 4 aromatic rings. The van der Waals surface area contributed by atoms with Gasteiger partial charge in [0.2, 0.25) is 11.8 Å². The predicted molar refractivity (Wildman–Crippen MR) is 180 cm³/mol. The van der Waals surface area contributed by atoms with Crippen LogP contribution >= 0.6 is 0 Å². The molecule has 4 amide bonds. The summed E-state index contributed by atoms with van der Waals surface area (Å²) >= 11 is 0. The first-order valence-electron chi connectivity index (χ1n) is 15.8. The van der Waals surface area contributed by atoms with Gasteiger partial charge >= 0.3 is 0 Å². The third kappa shape index (κ3) is 8.47. The van der Waals surface area contributed by atoms with Crippen molar-refractivity contribution >= 4 is 35.0 Å². The van der Waals surface area contributed by atoms with E-state index < -0.39 is 0 Å². The molecule has 4 aromatic carbocycles. The van der Waals surface area contributed by atoms with Crippen LogP contribution in [0.3, 0.4) is 0 Å². The fourth-order valence-corrected chi connectivity index (χ4v) is 5.73. The average Bonchev–Trinajstić information content (AvgIpc) is 3.09. The fourth-order valence-electron chi connectivity index (χ4n) is 5.73. The normalized spacial score (nSPS) is 17.2. The molecule has 1 fully saturated rings. The maximum Gasteiger partial charge on any atom is 0.251 e. The van der Waals surface area contributed by atoms with Gasteiger partial charge in [-0.1, -0.05) is 60.7 Å². The van der Waals surface area contributed by atoms with Gasteiger partial charge in [-0.25, -0.2) is 0 Å². The number of carbonyl (C=O) groups is 4. The van der Waals surface area contributed by atoms with Gasteiger partial charge in [0.25, 0.3) is 11.8 Å². The molecule has 0 heterocycles. The number of rotatable bonds is 10. The standard InChI is InChI=1S/C38H40N4O4/c1-25(27-9-5-3-6-10-27)39-35(43)31-17-21-33(22-18-31)41-37(45)29-13-15-30(16-14-29)38(46)42-34-23-19-32(20-24-34)36(44)40-26(2)28-11-7-4-8-12-28/h3-12,17-26,29-30H,13-16H2,1-2H3,(H,39,43)(H,40,44)(H,41,45)(H,42,46). The van der Waals surface area contributed by atoms with Gasteiger partial charge in [0.05, 0.1) is 12.1 Å². The molecule has 2 unspecified atom stereocenters. The van der Waals surface area contributed by atoms with Crippen LogP contribution in [0.4, 0.5) is 11.4 Å². The van der Waals surface area contributed by atoms with Crippen molar-refractivity contribution in [3.63, 3.8) is 0 Å². The molecule has 236 valence electrons. The minimum absolute atomic E-state index is 0.0794. The smallest absolute Gasteiger partial charge is 0.251 e. The highest BCUT2D eigenvalue weighted by molar-refractivity contribution is 5.98. The second kappa shape index (κ2) is 15.2. The van der Waals surface area contributed by atoms with Crippen LogP contribution in [0, 0.1) is 11.8 Å². The summed E-state index contributed by atoms with van der Waals surface area (Å²) < 4.78 is 0. The minimum Gasteiger partial charge on any atom is -0.346 e. The topological polar surface area (TPSA) is 116 Å². The van der Waals surface area contributed by atoms with Crippen LogP contribution in [0.5, 0.6) is 0 Å². The molecule has 1 aliphatic carbocycles. The number of carbonyl (C=O) groups excluding carboxylic acids is 4. The van der Waals surface area contributed by atoms with Gasteiger partial charge in [0.15, 0.2) is 0 Å². The molecule has 1 aliphatic rings. The van der Waals surface area contributed by atoms with Crippen LogP contribution < -0.4 is 21.3 Å². The molecule has 0 aliphatic heterocycles. The van der Waals surface area contributed by atoms with Gasteiger partial charge in [0.1, 0.15) is 0 Å². The van der Waals surface area contributed by atoms with Crippen LogP contribution in [-0.4, -0.2) is 23.6 Å². The SMILES string of the molecule is CC(NC(=O)c1ccc(NC(=O)C2CCC(C(=O)Nc3ccc(C(=O)NC(C)c4ccccc4)cc3)CC2)cc1)c1ccccc1. The number of benzene rings is 4. The largest absolute Gasteiger partial charge is 0.346 e. The number of hydrogen-bond acceptors (Lipinski definition) is 4. The number of hydrogen-bond donors (Lipinski definition) is 4. The molecule has 0 aromatic heterocycles. The van der Waals surface area contributed by atoms with Crippen LogP contribution in [0.25, 0.3) is 0 Å². The Balaban J connectivity index is 1.05. The van der Waals surface area contributed by atoms with Gasteiger partial charge in [-0.3, -0.25) is 19.2 Å². The Kier molecular flexibility index (Phi) is 10.6. The van der Waals surface area contributed by atoms with Gasteiger partial charge in [-0.2, -0.15) is 0 Å². The highest BCUT2D eigenvalue weighted by atomic mass is 16.2. The van der Waals surface area contributed by atoms with Crippen LogP contribution in [0.1, 0.15) is 83.5 Å². The first-order chi connectivity index (χ1) is 22.3. The van der Waals surface area contributed by atoms with Crippen molar-refractivity contribution in [2.45, 2.75) is 51.6 Å². The molecule has 5 rings (SSSR count). The molecule has 0 saturated heterocycles. The highest BCUT2D eigenvalue weighted by Gasteiger charge is 2.30. The van der Waals surface area contributed by atoms with Gasteiger partial charge in [-0.15, -0.1) is 0 Å². The molecule has 2 atom stereocenters. The summed E-state index contributed by atoms with van der Waals surface area (Å²) in [4.78, 5) is 51.3. The second-order valence-electron chi connectivity index (χ2n) is 11.9. The Morgan fingerprint density at radius 3 is 1.15 bits per heavy atom. The van der Waals surface area contributed by atoms with Crippen LogP contribution in [0.2, 0.25) is 0 Å². The monoisotopic (exact) mass is 616 g/mol. The lowest BCUT2D eigenvalue weighted by atomic mass is 9.81. The first-order valence-corrected chi connectivity index (χ1v) is 15.8. The summed E-state index contributed by atoms with van der Waals surface area (Å²) in [6, 6.07) is 33.0. The molecule has 4 N–H and O–H groups in total. The average molecular weight is 617 g/mol. The predicted octanol–water partition coefficient (Wildman–Crippen LogP) is 7.05. The lowest BCUT2D eigenvalue weighted by Crippen LogP contribution is -2.32. The first kappa shape index (κ1) is 32.2. The Morgan fingerprint density at radius 2 is 0.826 bits per heavy atom. The van der Waals surface area contributed by atoms with Crippen molar-refractivity contribution in [1.82, 2.24) is 10.6 Å². The molecule has 8 nitrogen and oxygen atoms in total. The van der Waals surface area contributed by atoms with Crippen molar-refractivity contribution in [3.05, 3.63) is 131 Å². The molecule has 0 spiro atoms. The Morgan fingerprint density at radius 1 is 0.500 bits per heavy atom. The number of amides is 4. The van der Waals surface area contributed by atoms with E-state index >= 15 is 0 Å². The van der Waals surface area contributed by atoms with E-state index in [-0.39, 0.29) is 47.5 Å². The second-order valence-corrected chi connectivity index (χ2v) is 11.9. The number of anilines is 2. The van der Waals surface area contributed by atoms with Crippen molar-refractivity contribution in [2.24, 2.45) is 11.8 Å². The molecule has 8 heteroatoms. The van der Waals surface area contributed by atoms with Crippen molar-refractivity contribution in [1.29, 1.82) is 0 Å². The van der Waals surface area contributed by atoms with E-state index in [2.05, 4.69) is 21.3 Å². The van der Waals surface area contributed by atoms with Crippen LogP contribution in [-0.2, 0) is 9.59 Å². The van der Waals surface area contributed by atoms with E-state index in [4.69, 9.17) is 0 Å². The summed E-state index contributed by atoms with van der Waals surface area (Å²) in [6.07, 6.45) is 2.45. The third-order valence-electron chi connectivity index (χ3n) is 8.59. The zero-order valence-corrected chi connectivity index (χ0v) is 26.2. The fraction of sp³-hybridized carbons (Fsp3) is 0.263. The summed E-state index contributed by atoms with van der Waals surface area (Å²) in [5, 5.41) is 11.9. The zero-order valence-electron chi connectivity index (χ0n) is 26.2. The van der Waals surface area contributed by atoms with E-state index in [9.17, 15) is 19.2 Å². The van der Waals surface area contributed by atoms with Crippen molar-refractivity contribution in [2.75, 3.05) is 10.6 Å². The lowest BCUT2D eigenvalue weighted by molar-refractivity contribution is -0.125. The molecular formula is C38H40N4O4. The van der Waals surface area contributed by atoms with E-state index in [1.807, 2.05) is 74.5 Å². The molecule has 0 bridgehead atoms. The minimum atomic E-state index is -0.185. The lowest BCUT2D eigenvalue weighted by Gasteiger charge is -2.27. The molecule has 1 saturated carbocycles. The summed E-state index contributed by atoms with van der Waals surface area (Å²) in [5.74, 6) is -0.889. The maximum absolute atomic E-state index is 13.0. The quantitative estimate of drug-likeness (QED) is 0.153. The van der Waals surface area contributed by atoms with E-state index in [0.29, 0.717) is 48.2 Å². The van der Waals surface area contributed by atoms with Gasteiger partial charge in [0, 0.05) is 34.3 Å². The Hall–Kier alpha value is -5.24. The number of nitrogens with one attached hydrogen (secondary N) is 4.